The Labute approximate surface area is 123 Å². The average molecular weight is 291 g/mol. The number of nitrogens with zero attached hydrogens (tertiary/aromatic N) is 2. The number of carbonyl (C=O) groups is 1. The number of hydrogen-bond acceptors (Lipinski definition) is 3. The van der Waals surface area contributed by atoms with Crippen LogP contribution >= 0.6 is 0 Å². The van der Waals surface area contributed by atoms with Crippen molar-refractivity contribution in [2.24, 2.45) is 7.05 Å². The summed E-state index contributed by atoms with van der Waals surface area (Å²) in [6.45, 7) is 0.525. The number of allylic oxidation sites excluding steroid dienone is 1. The van der Waals surface area contributed by atoms with E-state index in [0.29, 0.717) is 6.54 Å². The summed E-state index contributed by atoms with van der Waals surface area (Å²) < 4.78 is 2.22. The predicted octanol–water partition coefficient (Wildman–Crippen LogP) is 0.554. The Morgan fingerprint density at radius 2 is 2.14 bits per heavy atom. The van der Waals surface area contributed by atoms with Gasteiger partial charge in [-0.05, 0) is 32.1 Å². The van der Waals surface area contributed by atoms with Gasteiger partial charge in [0, 0.05) is 25.9 Å². The van der Waals surface area contributed by atoms with Crippen LogP contribution in [0.2, 0.25) is 0 Å². The summed E-state index contributed by atoms with van der Waals surface area (Å²) in [6.07, 6.45) is 9.22. The van der Waals surface area contributed by atoms with Crippen LogP contribution in [0.4, 0.5) is 0 Å². The Morgan fingerprint density at radius 1 is 1.33 bits per heavy atom. The van der Waals surface area contributed by atoms with Gasteiger partial charge in [0.15, 0.2) is 0 Å². The predicted molar refractivity (Wildman–Crippen MR) is 80.1 cm³/mol. The minimum Gasteiger partial charge on any atom is -0.354 e. The Balaban J connectivity index is 1.85. The lowest BCUT2D eigenvalue weighted by molar-refractivity contribution is -0.121. The van der Waals surface area contributed by atoms with Gasteiger partial charge in [0.2, 0.25) is 5.91 Å². The summed E-state index contributed by atoms with van der Waals surface area (Å²) >= 11 is 0. The molecule has 0 aliphatic heterocycles. The zero-order chi connectivity index (χ0) is 15.2. The molecule has 1 amide bonds. The molecule has 1 aromatic heterocycles. The molecular formula is C15H21N3O3. The molecule has 6 heteroatoms. The molecule has 0 saturated carbocycles. The summed E-state index contributed by atoms with van der Waals surface area (Å²) in [6, 6.07) is 1.28. The van der Waals surface area contributed by atoms with Gasteiger partial charge in [-0.3, -0.25) is 18.7 Å². The molecule has 0 spiro atoms. The third-order valence-electron chi connectivity index (χ3n) is 3.73. The van der Waals surface area contributed by atoms with E-state index in [4.69, 9.17) is 0 Å². The quantitative estimate of drug-likeness (QED) is 0.805. The maximum Gasteiger partial charge on any atom is 0.331 e. The van der Waals surface area contributed by atoms with Gasteiger partial charge in [0.25, 0.3) is 5.56 Å². The highest BCUT2D eigenvalue weighted by molar-refractivity contribution is 5.75. The van der Waals surface area contributed by atoms with Crippen molar-refractivity contribution in [2.45, 2.75) is 38.6 Å². The van der Waals surface area contributed by atoms with Gasteiger partial charge in [-0.1, -0.05) is 11.6 Å². The van der Waals surface area contributed by atoms with Gasteiger partial charge in [-0.2, -0.15) is 0 Å². The molecule has 6 nitrogen and oxygen atoms in total. The fourth-order valence-electron chi connectivity index (χ4n) is 2.44. The SMILES string of the molecule is Cn1c(=O)ccn(CC(=O)NCCC2=CCCCC2)c1=O. The Kier molecular flexibility index (Phi) is 5.14. The van der Waals surface area contributed by atoms with E-state index in [9.17, 15) is 14.4 Å². The average Bonchev–Trinajstić information content (AvgIpc) is 2.49. The monoisotopic (exact) mass is 291 g/mol. The van der Waals surface area contributed by atoms with Gasteiger partial charge < -0.3 is 5.32 Å². The molecule has 1 aromatic rings. The summed E-state index contributed by atoms with van der Waals surface area (Å²) in [7, 11) is 1.40. The van der Waals surface area contributed by atoms with Crippen LogP contribution in [0.5, 0.6) is 0 Å². The molecule has 114 valence electrons. The molecule has 21 heavy (non-hydrogen) atoms. The second-order valence-electron chi connectivity index (χ2n) is 5.33. The lowest BCUT2D eigenvalue weighted by Crippen LogP contribution is -2.40. The van der Waals surface area contributed by atoms with Crippen LogP contribution in [0, 0.1) is 0 Å². The van der Waals surface area contributed by atoms with Crippen LogP contribution in [-0.2, 0) is 18.4 Å². The van der Waals surface area contributed by atoms with Crippen LogP contribution in [0.15, 0.2) is 33.5 Å². The molecule has 0 saturated heterocycles. The maximum atomic E-state index is 11.8. The second-order valence-corrected chi connectivity index (χ2v) is 5.33. The van der Waals surface area contributed by atoms with Crippen molar-refractivity contribution in [1.82, 2.24) is 14.5 Å². The van der Waals surface area contributed by atoms with Crippen LogP contribution in [-0.4, -0.2) is 21.6 Å². The Hall–Kier alpha value is -2.11. The van der Waals surface area contributed by atoms with Crippen LogP contribution in [0.1, 0.15) is 32.1 Å². The van der Waals surface area contributed by atoms with Gasteiger partial charge in [0.05, 0.1) is 0 Å². The number of hydrogen-bond donors (Lipinski definition) is 1. The summed E-state index contributed by atoms with van der Waals surface area (Å²) in [5.41, 5.74) is 0.550. The van der Waals surface area contributed by atoms with Crippen molar-refractivity contribution in [3.05, 3.63) is 44.8 Å². The standard InChI is InChI=1S/C15H21N3O3/c1-17-14(20)8-10-18(15(17)21)11-13(19)16-9-7-12-5-3-2-4-6-12/h5,8,10H,2-4,6-7,9,11H2,1H3,(H,16,19). The third kappa shape index (κ3) is 4.18. The third-order valence-corrected chi connectivity index (χ3v) is 3.73. The van der Waals surface area contributed by atoms with E-state index in [0.717, 1.165) is 23.8 Å². The number of carbonyl (C=O) groups excluding carboxylic acids is 1. The molecule has 1 N–H and O–H groups in total. The number of amides is 1. The highest BCUT2D eigenvalue weighted by atomic mass is 16.2. The summed E-state index contributed by atoms with van der Waals surface area (Å²) in [5, 5.41) is 2.81. The Bertz CT molecular complexity index is 655. The van der Waals surface area contributed by atoms with Gasteiger partial charge >= 0.3 is 5.69 Å². The summed E-state index contributed by atoms with van der Waals surface area (Å²) in [5.74, 6) is -0.216. The Morgan fingerprint density at radius 3 is 2.86 bits per heavy atom. The molecule has 0 fully saturated rings. The second kappa shape index (κ2) is 7.06. The first kappa shape index (κ1) is 15.3. The molecule has 1 aliphatic rings. The van der Waals surface area contributed by atoms with Crippen molar-refractivity contribution in [3.8, 4) is 0 Å². The molecule has 0 unspecified atom stereocenters. The topological polar surface area (TPSA) is 73.1 Å². The van der Waals surface area contributed by atoms with Crippen molar-refractivity contribution in [1.29, 1.82) is 0 Å². The number of aromatic nitrogens is 2. The zero-order valence-electron chi connectivity index (χ0n) is 12.3. The fraction of sp³-hybridized carbons (Fsp3) is 0.533. The smallest absolute Gasteiger partial charge is 0.331 e. The first-order chi connectivity index (χ1) is 10.1. The molecule has 1 heterocycles. The van der Waals surface area contributed by atoms with E-state index >= 15 is 0 Å². The highest BCUT2D eigenvalue weighted by Crippen LogP contribution is 2.19. The maximum absolute atomic E-state index is 11.8. The number of rotatable bonds is 5. The van der Waals surface area contributed by atoms with E-state index in [2.05, 4.69) is 11.4 Å². The zero-order valence-corrected chi connectivity index (χ0v) is 12.3. The van der Waals surface area contributed by atoms with E-state index in [1.165, 1.54) is 42.3 Å². The lowest BCUT2D eigenvalue weighted by Gasteiger charge is -2.13. The lowest BCUT2D eigenvalue weighted by atomic mass is 9.97. The van der Waals surface area contributed by atoms with Crippen molar-refractivity contribution in [3.63, 3.8) is 0 Å². The first-order valence-electron chi connectivity index (χ1n) is 7.29. The van der Waals surface area contributed by atoms with E-state index in [1.54, 1.807) is 0 Å². The number of nitrogens with one attached hydrogen (secondary N) is 1. The normalized spacial score (nSPS) is 14.6. The first-order valence-corrected chi connectivity index (χ1v) is 7.29. The van der Waals surface area contributed by atoms with Crippen molar-refractivity contribution >= 4 is 5.91 Å². The molecule has 0 bridgehead atoms. The fourth-order valence-corrected chi connectivity index (χ4v) is 2.44. The summed E-state index contributed by atoms with van der Waals surface area (Å²) in [4.78, 5) is 34.9. The molecule has 2 rings (SSSR count). The van der Waals surface area contributed by atoms with E-state index in [1.807, 2.05) is 0 Å². The molecular weight excluding hydrogens is 270 g/mol. The van der Waals surface area contributed by atoms with Gasteiger partial charge in [-0.15, -0.1) is 0 Å². The minimum absolute atomic E-state index is 0.0635. The van der Waals surface area contributed by atoms with Crippen LogP contribution in [0.3, 0.4) is 0 Å². The highest BCUT2D eigenvalue weighted by Gasteiger charge is 2.08. The van der Waals surface area contributed by atoms with Crippen molar-refractivity contribution < 1.29 is 4.79 Å². The van der Waals surface area contributed by atoms with Crippen molar-refractivity contribution in [2.75, 3.05) is 6.54 Å². The molecule has 0 aromatic carbocycles. The van der Waals surface area contributed by atoms with E-state index < -0.39 is 5.69 Å². The largest absolute Gasteiger partial charge is 0.354 e. The van der Waals surface area contributed by atoms with Crippen LogP contribution in [0.25, 0.3) is 0 Å². The minimum atomic E-state index is -0.479. The molecule has 1 aliphatic carbocycles. The molecule has 0 radical (unpaired) electrons. The van der Waals surface area contributed by atoms with Gasteiger partial charge in [-0.25, -0.2) is 4.79 Å². The van der Waals surface area contributed by atoms with Gasteiger partial charge in [0.1, 0.15) is 6.54 Å². The molecule has 0 atom stereocenters. The van der Waals surface area contributed by atoms with Crippen LogP contribution < -0.4 is 16.6 Å². The van der Waals surface area contributed by atoms with E-state index in [-0.39, 0.29) is 18.0 Å².